The first-order valence-corrected chi connectivity index (χ1v) is 6.68. The second kappa shape index (κ2) is 3.76. The molecular weight excluding hydrogens is 194 g/mol. The van der Waals surface area contributed by atoms with Gasteiger partial charge in [-0.15, -0.1) is 0 Å². The molecule has 0 aliphatic heterocycles. The molecule has 2 nitrogen and oxygen atoms in total. The van der Waals surface area contributed by atoms with Crippen LogP contribution in [0.15, 0.2) is 5.16 Å². The lowest BCUT2D eigenvalue weighted by molar-refractivity contribution is 0.314. The molecule has 0 heterocycles. The summed E-state index contributed by atoms with van der Waals surface area (Å²) >= 11 is 1.94. The van der Waals surface area contributed by atoms with Crippen molar-refractivity contribution in [3.63, 3.8) is 0 Å². The molecule has 3 heteroatoms. The predicted molar refractivity (Wildman–Crippen MR) is 61.2 cm³/mol. The van der Waals surface area contributed by atoms with E-state index in [1.165, 1.54) is 25.7 Å². The summed E-state index contributed by atoms with van der Waals surface area (Å²) in [6, 6.07) is 0. The van der Waals surface area contributed by atoms with Crippen LogP contribution in [0, 0.1) is 11.8 Å². The lowest BCUT2D eigenvalue weighted by Gasteiger charge is -2.27. The van der Waals surface area contributed by atoms with Crippen LogP contribution in [0.5, 0.6) is 0 Å². The van der Waals surface area contributed by atoms with Crippen molar-refractivity contribution in [1.29, 1.82) is 0 Å². The third-order valence-corrected chi connectivity index (χ3v) is 5.03. The summed E-state index contributed by atoms with van der Waals surface area (Å²) in [6.07, 6.45) is 8.35. The van der Waals surface area contributed by atoms with E-state index < -0.39 is 0 Å². The predicted octanol–water partition coefficient (Wildman–Crippen LogP) is 3.15. The third-order valence-electron chi connectivity index (χ3n) is 3.62. The van der Waals surface area contributed by atoms with E-state index in [9.17, 15) is 0 Å². The van der Waals surface area contributed by atoms with Crippen molar-refractivity contribution in [1.82, 2.24) is 0 Å². The molecule has 2 aliphatic carbocycles. The number of hydrogen-bond donors (Lipinski definition) is 1. The third kappa shape index (κ3) is 2.08. The monoisotopic (exact) mass is 213 g/mol. The Bertz CT molecular complexity index is 246. The van der Waals surface area contributed by atoms with Crippen LogP contribution in [0.4, 0.5) is 0 Å². The van der Waals surface area contributed by atoms with Gasteiger partial charge in [0.25, 0.3) is 0 Å². The number of thioether (sulfide) groups is 1. The van der Waals surface area contributed by atoms with E-state index >= 15 is 0 Å². The van der Waals surface area contributed by atoms with E-state index in [1.807, 2.05) is 11.8 Å². The molecule has 0 radical (unpaired) electrons. The normalized spacial score (nSPS) is 27.4. The van der Waals surface area contributed by atoms with Crippen LogP contribution in [-0.4, -0.2) is 21.9 Å². The molecule has 2 rings (SSSR count). The van der Waals surface area contributed by atoms with Gasteiger partial charge in [-0.25, -0.2) is 0 Å². The molecule has 2 saturated carbocycles. The van der Waals surface area contributed by atoms with Crippen molar-refractivity contribution in [2.45, 2.75) is 43.8 Å². The topological polar surface area (TPSA) is 32.6 Å². The van der Waals surface area contributed by atoms with Gasteiger partial charge in [-0.2, -0.15) is 11.8 Å². The van der Waals surface area contributed by atoms with Gasteiger partial charge in [0.2, 0.25) is 0 Å². The van der Waals surface area contributed by atoms with Gasteiger partial charge < -0.3 is 5.21 Å². The number of hydrogen-bond acceptors (Lipinski definition) is 3. The molecule has 0 aromatic heterocycles. The summed E-state index contributed by atoms with van der Waals surface area (Å²) in [5.74, 6) is 1.46. The lowest BCUT2D eigenvalue weighted by atomic mass is 9.96. The molecule has 0 saturated heterocycles. The largest absolute Gasteiger partial charge is 0.411 e. The first-order valence-electron chi connectivity index (χ1n) is 5.45. The van der Waals surface area contributed by atoms with Crippen molar-refractivity contribution in [3.8, 4) is 0 Å². The minimum absolute atomic E-state index is 0.324. The van der Waals surface area contributed by atoms with Gasteiger partial charge in [-0.1, -0.05) is 5.16 Å². The molecule has 0 amide bonds. The van der Waals surface area contributed by atoms with Crippen molar-refractivity contribution in [2.75, 3.05) is 6.26 Å². The fourth-order valence-corrected chi connectivity index (χ4v) is 2.98. The second-order valence-corrected chi connectivity index (χ2v) is 6.17. The van der Waals surface area contributed by atoms with Crippen molar-refractivity contribution < 1.29 is 5.21 Å². The molecule has 0 aromatic rings. The summed E-state index contributed by atoms with van der Waals surface area (Å²) in [5.41, 5.74) is 1.05. The average Bonchev–Trinajstić information content (AvgIpc) is 3.05. The van der Waals surface area contributed by atoms with Crippen LogP contribution in [0.25, 0.3) is 0 Å². The summed E-state index contributed by atoms with van der Waals surface area (Å²) in [4.78, 5) is 0. The highest BCUT2D eigenvalue weighted by atomic mass is 32.2. The first-order chi connectivity index (χ1) is 6.69. The molecule has 2 aliphatic rings. The Kier molecular flexibility index (Phi) is 2.78. The van der Waals surface area contributed by atoms with Gasteiger partial charge in [-0.05, 0) is 44.8 Å². The Morgan fingerprint density at radius 2 is 2.07 bits per heavy atom. The molecule has 0 aromatic carbocycles. The standard InChI is InChI=1S/C11H19NOS/c1-11(14-2,9-5-6-9)7-10(12-13)8-3-4-8/h8-9,13H,3-7H2,1-2H3/b12-10-. The number of rotatable bonds is 5. The molecule has 0 bridgehead atoms. The van der Waals surface area contributed by atoms with E-state index in [0.717, 1.165) is 18.1 Å². The highest BCUT2D eigenvalue weighted by Gasteiger charge is 2.43. The van der Waals surface area contributed by atoms with E-state index in [2.05, 4.69) is 18.3 Å². The fraction of sp³-hybridized carbons (Fsp3) is 0.909. The molecular formula is C11H19NOS. The smallest absolute Gasteiger partial charge is 0.0615 e. The molecule has 2 fully saturated rings. The van der Waals surface area contributed by atoms with Crippen LogP contribution < -0.4 is 0 Å². The second-order valence-electron chi connectivity index (χ2n) is 4.83. The summed E-state index contributed by atoms with van der Waals surface area (Å²) in [6.45, 7) is 2.32. The Balaban J connectivity index is 1.98. The van der Waals surface area contributed by atoms with E-state index in [-0.39, 0.29) is 0 Å². The number of oxime groups is 1. The average molecular weight is 213 g/mol. The highest BCUT2D eigenvalue weighted by Crippen LogP contribution is 2.50. The van der Waals surface area contributed by atoms with Crippen molar-refractivity contribution >= 4 is 17.5 Å². The molecule has 1 N–H and O–H groups in total. The Hall–Kier alpha value is -0.180. The minimum atomic E-state index is 0.324. The van der Waals surface area contributed by atoms with E-state index in [4.69, 9.17) is 5.21 Å². The van der Waals surface area contributed by atoms with Crippen LogP contribution in [0.2, 0.25) is 0 Å². The molecule has 0 spiro atoms. The van der Waals surface area contributed by atoms with E-state index in [0.29, 0.717) is 10.7 Å². The quantitative estimate of drug-likeness (QED) is 0.432. The Morgan fingerprint density at radius 3 is 2.43 bits per heavy atom. The van der Waals surface area contributed by atoms with Crippen molar-refractivity contribution in [2.24, 2.45) is 17.0 Å². The van der Waals surface area contributed by atoms with Crippen molar-refractivity contribution in [3.05, 3.63) is 0 Å². The summed E-state index contributed by atoms with van der Waals surface area (Å²) < 4.78 is 0.324. The van der Waals surface area contributed by atoms with Crippen LogP contribution >= 0.6 is 11.8 Å². The van der Waals surface area contributed by atoms with Gasteiger partial charge in [0.15, 0.2) is 0 Å². The van der Waals surface area contributed by atoms with E-state index in [1.54, 1.807) is 0 Å². The zero-order valence-electron chi connectivity index (χ0n) is 8.99. The molecule has 1 atom stereocenters. The van der Waals surface area contributed by atoms with Crippen LogP contribution in [0.1, 0.15) is 39.0 Å². The zero-order chi connectivity index (χ0) is 10.2. The lowest BCUT2D eigenvalue weighted by Crippen LogP contribution is -2.27. The number of nitrogens with zero attached hydrogens (tertiary/aromatic N) is 1. The zero-order valence-corrected chi connectivity index (χ0v) is 9.81. The molecule has 1 unspecified atom stereocenters. The minimum Gasteiger partial charge on any atom is -0.411 e. The summed E-state index contributed by atoms with van der Waals surface area (Å²) in [5, 5.41) is 12.5. The Morgan fingerprint density at radius 1 is 1.43 bits per heavy atom. The maximum Gasteiger partial charge on any atom is 0.0615 e. The Labute approximate surface area is 90.1 Å². The van der Waals surface area contributed by atoms with Gasteiger partial charge in [0.1, 0.15) is 0 Å². The van der Waals surface area contributed by atoms with Crippen LogP contribution in [0.3, 0.4) is 0 Å². The maximum absolute atomic E-state index is 8.98. The molecule has 80 valence electrons. The fourth-order valence-electron chi connectivity index (χ4n) is 2.11. The van der Waals surface area contributed by atoms with Gasteiger partial charge in [-0.3, -0.25) is 0 Å². The van der Waals surface area contributed by atoms with Gasteiger partial charge in [0, 0.05) is 17.1 Å². The summed E-state index contributed by atoms with van der Waals surface area (Å²) in [7, 11) is 0. The SMILES string of the molecule is CSC(C)(C/C(=N/O)C1CC1)C1CC1. The highest BCUT2D eigenvalue weighted by molar-refractivity contribution is 8.00. The van der Waals surface area contributed by atoms with Crippen LogP contribution in [-0.2, 0) is 0 Å². The van der Waals surface area contributed by atoms with Gasteiger partial charge >= 0.3 is 0 Å². The van der Waals surface area contributed by atoms with Gasteiger partial charge in [0.05, 0.1) is 5.71 Å². The maximum atomic E-state index is 8.98. The molecule has 14 heavy (non-hydrogen) atoms. The first kappa shape index (κ1) is 10.3.